The largest absolute Gasteiger partial charge is 0.385 e. The number of aliphatic imine (C=N–C) groups is 1. The van der Waals surface area contributed by atoms with Crippen LogP contribution in [-0.2, 0) is 24.2 Å². The summed E-state index contributed by atoms with van der Waals surface area (Å²) in [5.74, 6) is 1.87. The number of amidine groups is 1. The van der Waals surface area contributed by atoms with E-state index in [4.69, 9.17) is 15.1 Å². The lowest BCUT2D eigenvalue weighted by atomic mass is 10.0. The van der Waals surface area contributed by atoms with E-state index in [1.54, 1.807) is 7.11 Å². The molecule has 1 aliphatic heterocycles. The minimum Gasteiger partial charge on any atom is -0.385 e. The van der Waals surface area contributed by atoms with Crippen LogP contribution in [0.3, 0.4) is 0 Å². The third-order valence-electron chi connectivity index (χ3n) is 5.11. The Morgan fingerprint density at radius 2 is 2.33 bits per heavy atom. The maximum atomic E-state index is 7.58. The topological polar surface area (TPSA) is 95.2 Å². The van der Waals surface area contributed by atoms with Gasteiger partial charge in [-0.3, -0.25) is 10.1 Å². The standard InChI is InChI=1S/C19H29N7O/c1-5-26-16-11-25(8-6-15(16)10-22-26)19(21-12-20)18-17(23-14(3)24-18)13(2)7-9-27-4/h10,12-13,20H,5-9,11H2,1-4H3,(H,23,24)/b20-12?,21-19+. The zero-order valence-electron chi connectivity index (χ0n) is 16.6. The molecule has 8 heteroatoms. The number of aromatic amines is 1. The van der Waals surface area contributed by atoms with E-state index in [1.165, 1.54) is 11.3 Å². The van der Waals surface area contributed by atoms with Gasteiger partial charge in [0.1, 0.15) is 17.9 Å². The molecule has 2 N–H and O–H groups in total. The second-order valence-corrected chi connectivity index (χ2v) is 6.95. The highest BCUT2D eigenvalue weighted by atomic mass is 16.5. The molecule has 0 amide bonds. The Bertz CT molecular complexity index is 807. The SMILES string of the molecule is CCn1ncc2c1CN(/C(=N/C=N)c1[nH]c(C)nc1C(C)CCOC)CC2. The highest BCUT2D eigenvalue weighted by Crippen LogP contribution is 2.26. The number of ether oxygens (including phenoxy) is 1. The average molecular weight is 371 g/mol. The van der Waals surface area contributed by atoms with Gasteiger partial charge in [-0.05, 0) is 32.3 Å². The molecule has 2 aromatic heterocycles. The third-order valence-corrected chi connectivity index (χ3v) is 5.11. The third kappa shape index (κ3) is 3.95. The van der Waals surface area contributed by atoms with Crippen LogP contribution >= 0.6 is 0 Å². The Balaban J connectivity index is 1.93. The highest BCUT2D eigenvalue weighted by Gasteiger charge is 2.27. The van der Waals surface area contributed by atoms with Crippen LogP contribution in [0.4, 0.5) is 0 Å². The lowest BCUT2D eigenvalue weighted by Crippen LogP contribution is -2.38. The van der Waals surface area contributed by atoms with Gasteiger partial charge >= 0.3 is 0 Å². The molecule has 146 valence electrons. The Hall–Kier alpha value is -2.48. The van der Waals surface area contributed by atoms with Crippen molar-refractivity contribution >= 4 is 12.2 Å². The Labute approximate surface area is 160 Å². The summed E-state index contributed by atoms with van der Waals surface area (Å²) >= 11 is 0. The van der Waals surface area contributed by atoms with Crippen LogP contribution in [0.25, 0.3) is 0 Å². The summed E-state index contributed by atoms with van der Waals surface area (Å²) in [4.78, 5) is 14.7. The van der Waals surface area contributed by atoms with Gasteiger partial charge in [0.15, 0.2) is 5.84 Å². The predicted octanol–water partition coefficient (Wildman–Crippen LogP) is 2.49. The van der Waals surface area contributed by atoms with Gasteiger partial charge in [-0.2, -0.15) is 5.10 Å². The number of nitrogens with zero attached hydrogens (tertiary/aromatic N) is 5. The lowest BCUT2D eigenvalue weighted by molar-refractivity contribution is 0.189. The number of methoxy groups -OCH3 is 1. The fraction of sp³-hybridized carbons (Fsp3) is 0.579. The van der Waals surface area contributed by atoms with Gasteiger partial charge in [-0.15, -0.1) is 0 Å². The molecule has 2 aromatic rings. The molecule has 0 saturated carbocycles. The normalized spacial score (nSPS) is 15.7. The first-order valence-electron chi connectivity index (χ1n) is 9.50. The summed E-state index contributed by atoms with van der Waals surface area (Å²) < 4.78 is 7.28. The predicted molar refractivity (Wildman–Crippen MR) is 106 cm³/mol. The van der Waals surface area contributed by atoms with Crippen LogP contribution in [0.5, 0.6) is 0 Å². The smallest absolute Gasteiger partial charge is 0.156 e. The van der Waals surface area contributed by atoms with Crippen LogP contribution in [0.1, 0.15) is 54.7 Å². The molecule has 0 spiro atoms. The van der Waals surface area contributed by atoms with Crippen molar-refractivity contribution in [3.63, 3.8) is 0 Å². The molecule has 0 saturated heterocycles. The molecular formula is C19H29N7O. The van der Waals surface area contributed by atoms with E-state index < -0.39 is 0 Å². The van der Waals surface area contributed by atoms with Crippen molar-refractivity contribution in [3.8, 4) is 0 Å². The van der Waals surface area contributed by atoms with E-state index in [2.05, 4.69) is 33.8 Å². The number of imidazole rings is 1. The zero-order chi connectivity index (χ0) is 19.4. The number of fused-ring (bicyclic) bond motifs is 1. The molecule has 27 heavy (non-hydrogen) atoms. The minimum atomic E-state index is 0.238. The van der Waals surface area contributed by atoms with Gasteiger partial charge < -0.3 is 14.6 Å². The molecule has 0 aliphatic carbocycles. The zero-order valence-corrected chi connectivity index (χ0v) is 16.6. The number of rotatable bonds is 7. The van der Waals surface area contributed by atoms with E-state index in [-0.39, 0.29) is 5.92 Å². The van der Waals surface area contributed by atoms with E-state index >= 15 is 0 Å². The number of aromatic nitrogens is 4. The lowest BCUT2D eigenvalue weighted by Gasteiger charge is -2.30. The van der Waals surface area contributed by atoms with Gasteiger partial charge in [0.05, 0.1) is 24.1 Å². The number of nitrogens with one attached hydrogen (secondary N) is 2. The second kappa shape index (κ2) is 8.47. The molecule has 3 heterocycles. The van der Waals surface area contributed by atoms with Crippen molar-refractivity contribution in [1.82, 2.24) is 24.6 Å². The first-order chi connectivity index (χ1) is 13.1. The fourth-order valence-corrected chi connectivity index (χ4v) is 3.64. The van der Waals surface area contributed by atoms with Crippen molar-refractivity contribution in [2.75, 3.05) is 20.3 Å². The highest BCUT2D eigenvalue weighted by molar-refractivity contribution is 6.01. The van der Waals surface area contributed by atoms with Gasteiger partial charge in [0, 0.05) is 32.7 Å². The molecule has 0 radical (unpaired) electrons. The number of hydrogen-bond acceptors (Lipinski definition) is 4. The monoisotopic (exact) mass is 371 g/mol. The van der Waals surface area contributed by atoms with Crippen molar-refractivity contribution < 1.29 is 4.74 Å². The number of H-pyrrole nitrogens is 1. The molecule has 0 aromatic carbocycles. The van der Waals surface area contributed by atoms with Crippen LogP contribution in [0.2, 0.25) is 0 Å². The summed E-state index contributed by atoms with van der Waals surface area (Å²) in [5.41, 5.74) is 4.42. The van der Waals surface area contributed by atoms with Crippen LogP contribution in [-0.4, -0.2) is 57.1 Å². The first kappa shape index (κ1) is 19.3. The fourth-order valence-electron chi connectivity index (χ4n) is 3.64. The van der Waals surface area contributed by atoms with Gasteiger partial charge in [-0.25, -0.2) is 9.98 Å². The average Bonchev–Trinajstić information content (AvgIpc) is 3.26. The molecule has 1 unspecified atom stereocenters. The Kier molecular flexibility index (Phi) is 6.05. The van der Waals surface area contributed by atoms with Crippen LogP contribution in [0, 0.1) is 12.3 Å². The van der Waals surface area contributed by atoms with E-state index in [9.17, 15) is 0 Å². The maximum absolute atomic E-state index is 7.58. The number of aryl methyl sites for hydroxylation is 2. The van der Waals surface area contributed by atoms with Crippen LogP contribution < -0.4 is 0 Å². The molecule has 1 aliphatic rings. The van der Waals surface area contributed by atoms with E-state index in [0.717, 1.165) is 61.9 Å². The van der Waals surface area contributed by atoms with Crippen molar-refractivity contribution in [2.24, 2.45) is 4.99 Å². The Morgan fingerprint density at radius 3 is 3.04 bits per heavy atom. The molecule has 0 fully saturated rings. The summed E-state index contributed by atoms with van der Waals surface area (Å²) in [5, 5.41) is 12.1. The molecule has 1 atom stereocenters. The first-order valence-corrected chi connectivity index (χ1v) is 9.50. The molecule has 8 nitrogen and oxygen atoms in total. The quantitative estimate of drug-likeness (QED) is 0.577. The molecular weight excluding hydrogens is 342 g/mol. The van der Waals surface area contributed by atoms with Gasteiger partial charge in [0.2, 0.25) is 0 Å². The Morgan fingerprint density at radius 1 is 1.52 bits per heavy atom. The van der Waals surface area contributed by atoms with Crippen molar-refractivity contribution in [1.29, 1.82) is 5.41 Å². The summed E-state index contributed by atoms with van der Waals surface area (Å²) in [6.45, 7) is 9.33. The van der Waals surface area contributed by atoms with Gasteiger partial charge in [-0.1, -0.05) is 6.92 Å². The summed E-state index contributed by atoms with van der Waals surface area (Å²) in [6.07, 6.45) is 4.90. The van der Waals surface area contributed by atoms with Gasteiger partial charge in [0.25, 0.3) is 0 Å². The molecule has 3 rings (SSSR count). The summed E-state index contributed by atoms with van der Waals surface area (Å²) in [6, 6.07) is 0. The summed E-state index contributed by atoms with van der Waals surface area (Å²) in [7, 11) is 1.72. The van der Waals surface area contributed by atoms with E-state index in [0.29, 0.717) is 6.61 Å². The minimum absolute atomic E-state index is 0.238. The molecule has 0 bridgehead atoms. The van der Waals surface area contributed by atoms with Crippen LogP contribution in [0.15, 0.2) is 11.2 Å². The van der Waals surface area contributed by atoms with Crippen molar-refractivity contribution in [2.45, 2.75) is 52.6 Å². The van der Waals surface area contributed by atoms with Crippen molar-refractivity contribution in [3.05, 3.63) is 34.7 Å². The van der Waals surface area contributed by atoms with E-state index in [1.807, 2.05) is 17.8 Å². The number of hydrogen-bond donors (Lipinski definition) is 2. The second-order valence-electron chi connectivity index (χ2n) is 6.95. The maximum Gasteiger partial charge on any atom is 0.156 e.